The summed E-state index contributed by atoms with van der Waals surface area (Å²) in [5, 5.41) is 4.06. The third-order valence-electron chi connectivity index (χ3n) is 4.68. The van der Waals surface area contributed by atoms with Crippen LogP contribution in [0.5, 0.6) is 0 Å². The van der Waals surface area contributed by atoms with E-state index in [1.807, 2.05) is 36.2 Å². The number of piperidine rings is 1. The fraction of sp³-hybridized carbons (Fsp3) is 0.562. The molecule has 0 aromatic heterocycles. The van der Waals surface area contributed by atoms with Gasteiger partial charge < -0.3 is 10.2 Å². The van der Waals surface area contributed by atoms with Gasteiger partial charge in [0, 0.05) is 24.2 Å². The first kappa shape index (κ1) is 18.5. The number of carbonyl (C=O) groups is 1. The number of hydrogen-bond acceptors (Lipinski definition) is 4. The molecular formula is C16H24Cl2N4O. The average Bonchev–Trinajstić information content (AvgIpc) is 3.05. The van der Waals surface area contributed by atoms with Crippen molar-refractivity contribution in [1.82, 2.24) is 21.1 Å². The topological polar surface area (TPSA) is 56.4 Å². The Hall–Kier alpha value is -0.850. The zero-order valence-corrected chi connectivity index (χ0v) is 14.8. The monoisotopic (exact) mass is 358 g/mol. The number of amides is 1. The van der Waals surface area contributed by atoms with Crippen LogP contribution in [0.2, 0.25) is 5.02 Å². The molecule has 2 heterocycles. The number of nitrogens with one attached hydrogen (secondary N) is 3. The lowest BCUT2D eigenvalue weighted by molar-refractivity contribution is -0.134. The molecule has 5 nitrogen and oxygen atoms in total. The summed E-state index contributed by atoms with van der Waals surface area (Å²) in [6.45, 7) is 1.98. The van der Waals surface area contributed by atoms with Crippen LogP contribution in [0.15, 0.2) is 24.3 Å². The Morgan fingerprint density at radius 2 is 1.83 bits per heavy atom. The molecule has 1 aromatic carbocycles. The van der Waals surface area contributed by atoms with Crippen LogP contribution in [0.1, 0.15) is 30.9 Å². The number of rotatable bonds is 3. The number of nitrogens with zero attached hydrogens (tertiary/aromatic N) is 1. The van der Waals surface area contributed by atoms with E-state index in [2.05, 4.69) is 16.2 Å². The molecule has 0 radical (unpaired) electrons. The van der Waals surface area contributed by atoms with Crippen LogP contribution in [-0.2, 0) is 4.79 Å². The van der Waals surface area contributed by atoms with E-state index in [9.17, 15) is 4.79 Å². The van der Waals surface area contributed by atoms with Gasteiger partial charge >= 0.3 is 0 Å². The fourth-order valence-electron chi connectivity index (χ4n) is 3.25. The predicted molar refractivity (Wildman–Crippen MR) is 94.8 cm³/mol. The van der Waals surface area contributed by atoms with Gasteiger partial charge in [0.05, 0.1) is 0 Å². The molecule has 1 aromatic rings. The van der Waals surface area contributed by atoms with Crippen LogP contribution in [0.3, 0.4) is 0 Å². The second kappa shape index (κ2) is 8.31. The Kier molecular flexibility index (Phi) is 6.68. The molecule has 0 saturated carbocycles. The van der Waals surface area contributed by atoms with E-state index >= 15 is 0 Å². The molecule has 3 rings (SSSR count). The van der Waals surface area contributed by atoms with Gasteiger partial charge in [-0.25, -0.2) is 10.9 Å². The smallest absolute Gasteiger partial charge is 0.241 e. The number of hydrogen-bond donors (Lipinski definition) is 3. The second-order valence-electron chi connectivity index (χ2n) is 6.11. The molecule has 2 atom stereocenters. The molecule has 0 aliphatic carbocycles. The number of hydrazine groups is 1. The van der Waals surface area contributed by atoms with Crippen molar-refractivity contribution in [3.63, 3.8) is 0 Å². The zero-order valence-electron chi connectivity index (χ0n) is 13.2. The highest BCUT2D eigenvalue weighted by Crippen LogP contribution is 2.25. The summed E-state index contributed by atoms with van der Waals surface area (Å²) in [4.78, 5) is 14.6. The van der Waals surface area contributed by atoms with Gasteiger partial charge in [-0.05, 0) is 50.0 Å². The lowest BCUT2D eigenvalue weighted by Gasteiger charge is -2.33. The summed E-state index contributed by atoms with van der Waals surface area (Å²) in [5.74, 6) is 0.177. The summed E-state index contributed by atoms with van der Waals surface area (Å²) >= 11 is 5.92. The van der Waals surface area contributed by atoms with Crippen LogP contribution in [0.4, 0.5) is 0 Å². The van der Waals surface area contributed by atoms with Crippen LogP contribution in [0.25, 0.3) is 0 Å². The van der Waals surface area contributed by atoms with Gasteiger partial charge in [-0.3, -0.25) is 4.79 Å². The van der Waals surface area contributed by atoms with E-state index < -0.39 is 0 Å². The molecule has 7 heteroatoms. The fourth-order valence-corrected chi connectivity index (χ4v) is 3.38. The predicted octanol–water partition coefficient (Wildman–Crippen LogP) is 1.88. The Bertz CT molecular complexity index is 519. The van der Waals surface area contributed by atoms with Crippen LogP contribution >= 0.6 is 24.0 Å². The highest BCUT2D eigenvalue weighted by atomic mass is 35.5. The van der Waals surface area contributed by atoms with Gasteiger partial charge in [-0.2, -0.15) is 0 Å². The molecule has 2 unspecified atom stereocenters. The first-order chi connectivity index (χ1) is 10.6. The second-order valence-corrected chi connectivity index (χ2v) is 6.55. The van der Waals surface area contributed by atoms with Crippen molar-refractivity contribution in [3.05, 3.63) is 34.9 Å². The van der Waals surface area contributed by atoms with E-state index in [4.69, 9.17) is 11.6 Å². The van der Waals surface area contributed by atoms with Gasteiger partial charge in [0.2, 0.25) is 5.91 Å². The van der Waals surface area contributed by atoms with E-state index in [1.54, 1.807) is 0 Å². The largest absolute Gasteiger partial charge is 0.341 e. The molecule has 2 aliphatic heterocycles. The Morgan fingerprint density at radius 3 is 2.48 bits per heavy atom. The van der Waals surface area contributed by atoms with Crippen molar-refractivity contribution in [1.29, 1.82) is 0 Å². The van der Waals surface area contributed by atoms with E-state index in [1.165, 1.54) is 0 Å². The Balaban J connectivity index is 0.00000192. The number of likely N-dealkylation sites (N-methyl/N-ethyl adjacent to an activating group) is 1. The standard InChI is InChI=1S/C16H23ClN4O.ClH/c1-21(13-6-8-18-9-7-13)16(22)15-10-14(19-20-15)11-2-4-12(17)5-3-11;/h2-5,13-15,18-20H,6-10H2,1H3;1H. The average molecular weight is 359 g/mol. The summed E-state index contributed by atoms with van der Waals surface area (Å²) < 4.78 is 0. The normalized spacial score (nSPS) is 25.0. The summed E-state index contributed by atoms with van der Waals surface area (Å²) in [6.07, 6.45) is 2.82. The van der Waals surface area contributed by atoms with Gasteiger partial charge in [-0.1, -0.05) is 23.7 Å². The van der Waals surface area contributed by atoms with Crippen molar-refractivity contribution in [2.75, 3.05) is 20.1 Å². The van der Waals surface area contributed by atoms with E-state index in [0.29, 0.717) is 6.04 Å². The van der Waals surface area contributed by atoms with Crippen molar-refractivity contribution in [2.24, 2.45) is 0 Å². The highest BCUT2D eigenvalue weighted by Gasteiger charge is 2.34. The molecule has 2 fully saturated rings. The lowest BCUT2D eigenvalue weighted by Crippen LogP contribution is -2.50. The number of halogens is 2. The molecule has 2 aliphatic rings. The molecular weight excluding hydrogens is 335 g/mol. The molecule has 1 amide bonds. The maximum absolute atomic E-state index is 12.7. The zero-order chi connectivity index (χ0) is 15.5. The molecule has 128 valence electrons. The molecule has 23 heavy (non-hydrogen) atoms. The number of carbonyl (C=O) groups excluding carboxylic acids is 1. The van der Waals surface area contributed by atoms with E-state index in [-0.39, 0.29) is 30.4 Å². The molecule has 0 bridgehead atoms. The van der Waals surface area contributed by atoms with Crippen molar-refractivity contribution < 1.29 is 4.79 Å². The molecule has 2 saturated heterocycles. The minimum absolute atomic E-state index is 0. The van der Waals surface area contributed by atoms with Crippen molar-refractivity contribution >= 4 is 29.9 Å². The Morgan fingerprint density at radius 1 is 1.17 bits per heavy atom. The summed E-state index contributed by atoms with van der Waals surface area (Å²) in [5.41, 5.74) is 7.53. The minimum atomic E-state index is -0.166. The van der Waals surface area contributed by atoms with E-state index in [0.717, 1.165) is 42.9 Å². The SMILES string of the molecule is CN(C(=O)C1CC(c2ccc(Cl)cc2)NN1)C1CCNCC1.Cl. The van der Waals surface area contributed by atoms with Gasteiger partial charge in [0.1, 0.15) is 6.04 Å². The highest BCUT2D eigenvalue weighted by molar-refractivity contribution is 6.30. The maximum atomic E-state index is 12.7. The van der Waals surface area contributed by atoms with Gasteiger partial charge in [0.15, 0.2) is 0 Å². The lowest BCUT2D eigenvalue weighted by atomic mass is 10.00. The molecule has 3 N–H and O–H groups in total. The first-order valence-electron chi connectivity index (χ1n) is 7.89. The van der Waals surface area contributed by atoms with Crippen LogP contribution in [-0.4, -0.2) is 43.0 Å². The third-order valence-corrected chi connectivity index (χ3v) is 4.93. The van der Waals surface area contributed by atoms with Gasteiger partial charge in [0.25, 0.3) is 0 Å². The molecule has 0 spiro atoms. The third kappa shape index (κ3) is 4.37. The summed E-state index contributed by atoms with van der Waals surface area (Å²) in [7, 11) is 1.93. The maximum Gasteiger partial charge on any atom is 0.241 e. The Labute approximate surface area is 148 Å². The van der Waals surface area contributed by atoms with Crippen molar-refractivity contribution in [3.8, 4) is 0 Å². The van der Waals surface area contributed by atoms with Gasteiger partial charge in [-0.15, -0.1) is 12.4 Å². The summed E-state index contributed by atoms with van der Waals surface area (Å²) in [6, 6.07) is 8.11. The first-order valence-corrected chi connectivity index (χ1v) is 8.27. The number of benzene rings is 1. The minimum Gasteiger partial charge on any atom is -0.341 e. The van der Waals surface area contributed by atoms with Crippen LogP contribution in [0, 0.1) is 0 Å². The van der Waals surface area contributed by atoms with Crippen LogP contribution < -0.4 is 16.2 Å². The van der Waals surface area contributed by atoms with Crippen molar-refractivity contribution in [2.45, 2.75) is 37.4 Å². The quantitative estimate of drug-likeness (QED) is 0.772.